The normalized spacial score (nSPS) is 30.6. The Morgan fingerprint density at radius 1 is 1.00 bits per heavy atom. The average Bonchev–Trinajstić information content (AvgIpc) is 3.16. The van der Waals surface area contributed by atoms with E-state index >= 15 is 0 Å². The lowest BCUT2D eigenvalue weighted by molar-refractivity contribution is -0.0232. The first-order valence-electron chi connectivity index (χ1n) is 8.10. The first-order valence-corrected chi connectivity index (χ1v) is 8.10. The molecule has 1 atom stereocenters. The molecule has 19 heavy (non-hydrogen) atoms. The Morgan fingerprint density at radius 2 is 1.63 bits per heavy atom. The first-order chi connectivity index (χ1) is 9.21. The molecule has 0 aromatic heterocycles. The van der Waals surface area contributed by atoms with Gasteiger partial charge in [0.05, 0.1) is 5.60 Å². The van der Waals surface area contributed by atoms with E-state index in [0.717, 1.165) is 38.5 Å². The zero-order valence-electron chi connectivity index (χ0n) is 12.1. The van der Waals surface area contributed by atoms with Crippen LogP contribution in [0.15, 0.2) is 0 Å². The molecule has 3 aliphatic rings. The molecule has 1 heterocycles. The van der Waals surface area contributed by atoms with Gasteiger partial charge in [0.2, 0.25) is 0 Å². The summed E-state index contributed by atoms with van der Waals surface area (Å²) in [6.45, 7) is 5.76. The number of β-amino-alcohol motifs (C(OH)–C–C–N with tert-alkyl or cyclic N) is 1. The lowest BCUT2D eigenvalue weighted by Crippen LogP contribution is -2.56. The van der Waals surface area contributed by atoms with E-state index < -0.39 is 5.60 Å². The monoisotopic (exact) mass is 267 g/mol. The van der Waals surface area contributed by atoms with Crippen LogP contribution in [0.2, 0.25) is 0 Å². The lowest BCUT2D eigenvalue weighted by atomic mass is 9.97. The van der Waals surface area contributed by atoms with E-state index in [9.17, 15) is 5.11 Å². The highest BCUT2D eigenvalue weighted by atomic mass is 16.3. The van der Waals surface area contributed by atoms with Crippen LogP contribution >= 0.6 is 0 Å². The van der Waals surface area contributed by atoms with Crippen LogP contribution in [0.1, 0.15) is 38.5 Å². The third kappa shape index (κ3) is 3.13. The molecule has 4 heteroatoms. The van der Waals surface area contributed by atoms with Crippen molar-refractivity contribution in [2.75, 3.05) is 39.3 Å². The second-order valence-corrected chi connectivity index (χ2v) is 6.83. The van der Waals surface area contributed by atoms with Crippen LogP contribution in [0, 0.1) is 5.92 Å². The minimum absolute atomic E-state index is 0.417. The molecular weight excluding hydrogens is 238 g/mol. The Balaban J connectivity index is 1.47. The number of nitrogens with two attached hydrogens (primary N) is 1. The van der Waals surface area contributed by atoms with Gasteiger partial charge in [-0.3, -0.25) is 9.80 Å². The zero-order valence-corrected chi connectivity index (χ0v) is 12.1. The minimum atomic E-state index is -0.616. The zero-order chi connectivity index (χ0) is 13.3. The predicted molar refractivity (Wildman–Crippen MR) is 77.0 cm³/mol. The van der Waals surface area contributed by atoms with Gasteiger partial charge in [-0.05, 0) is 31.6 Å². The number of hydrogen-bond donors (Lipinski definition) is 2. The van der Waals surface area contributed by atoms with Gasteiger partial charge >= 0.3 is 0 Å². The van der Waals surface area contributed by atoms with Crippen molar-refractivity contribution in [2.24, 2.45) is 11.7 Å². The highest BCUT2D eigenvalue weighted by Gasteiger charge is 2.44. The highest BCUT2D eigenvalue weighted by Crippen LogP contribution is 2.39. The van der Waals surface area contributed by atoms with E-state index in [0.29, 0.717) is 12.5 Å². The van der Waals surface area contributed by atoms with Crippen LogP contribution in [-0.4, -0.2) is 65.8 Å². The van der Waals surface area contributed by atoms with Crippen molar-refractivity contribution in [1.82, 2.24) is 9.80 Å². The third-order valence-electron chi connectivity index (χ3n) is 5.44. The maximum Gasteiger partial charge on any atom is 0.0923 e. The molecule has 1 aliphatic heterocycles. The Morgan fingerprint density at radius 3 is 2.16 bits per heavy atom. The molecule has 0 spiro atoms. The molecule has 1 saturated heterocycles. The topological polar surface area (TPSA) is 52.7 Å². The fourth-order valence-corrected chi connectivity index (χ4v) is 3.92. The SMILES string of the molecule is NCC(O)(CN1CCN(C2CCCC2)CC1)C1CC1. The molecule has 2 aliphatic carbocycles. The number of nitrogens with zero attached hydrogens (tertiary/aromatic N) is 2. The van der Waals surface area contributed by atoms with E-state index in [2.05, 4.69) is 9.80 Å². The van der Waals surface area contributed by atoms with Crippen molar-refractivity contribution in [3.8, 4) is 0 Å². The summed E-state index contributed by atoms with van der Waals surface area (Å²) < 4.78 is 0. The summed E-state index contributed by atoms with van der Waals surface area (Å²) >= 11 is 0. The van der Waals surface area contributed by atoms with Gasteiger partial charge in [-0.1, -0.05) is 12.8 Å². The van der Waals surface area contributed by atoms with Crippen LogP contribution in [0.4, 0.5) is 0 Å². The first kappa shape index (κ1) is 13.8. The van der Waals surface area contributed by atoms with Crippen molar-refractivity contribution < 1.29 is 5.11 Å². The fourth-order valence-electron chi connectivity index (χ4n) is 3.92. The van der Waals surface area contributed by atoms with Crippen molar-refractivity contribution in [1.29, 1.82) is 0 Å². The van der Waals surface area contributed by atoms with Crippen LogP contribution in [0.25, 0.3) is 0 Å². The number of piperazine rings is 1. The summed E-state index contributed by atoms with van der Waals surface area (Å²) in [7, 11) is 0. The van der Waals surface area contributed by atoms with Crippen molar-refractivity contribution in [3.63, 3.8) is 0 Å². The summed E-state index contributed by atoms with van der Waals surface area (Å²) in [4.78, 5) is 5.10. The molecule has 0 amide bonds. The summed E-state index contributed by atoms with van der Waals surface area (Å²) in [5, 5.41) is 10.6. The highest BCUT2D eigenvalue weighted by molar-refractivity contribution is 4.98. The predicted octanol–water partition coefficient (Wildman–Crippen LogP) is 0.646. The smallest absolute Gasteiger partial charge is 0.0923 e. The van der Waals surface area contributed by atoms with Gasteiger partial charge in [0.25, 0.3) is 0 Å². The van der Waals surface area contributed by atoms with Crippen molar-refractivity contribution in [3.05, 3.63) is 0 Å². The Labute approximate surface area is 116 Å². The van der Waals surface area contributed by atoms with Gasteiger partial charge in [0, 0.05) is 45.3 Å². The average molecular weight is 267 g/mol. The molecule has 3 fully saturated rings. The largest absolute Gasteiger partial charge is 0.387 e. The molecule has 1 unspecified atom stereocenters. The Bertz CT molecular complexity index is 294. The van der Waals surface area contributed by atoms with E-state index in [4.69, 9.17) is 5.73 Å². The van der Waals surface area contributed by atoms with E-state index in [1.807, 2.05) is 0 Å². The fraction of sp³-hybridized carbons (Fsp3) is 1.00. The molecule has 110 valence electrons. The quantitative estimate of drug-likeness (QED) is 0.768. The summed E-state index contributed by atoms with van der Waals surface area (Å²) in [6, 6.07) is 0.846. The summed E-state index contributed by atoms with van der Waals surface area (Å²) in [6.07, 6.45) is 7.95. The molecule has 3 N–H and O–H groups in total. The molecule has 2 saturated carbocycles. The molecule has 0 aromatic carbocycles. The Kier molecular flexibility index (Phi) is 4.13. The minimum Gasteiger partial charge on any atom is -0.387 e. The lowest BCUT2D eigenvalue weighted by Gasteiger charge is -2.41. The maximum absolute atomic E-state index is 10.6. The second-order valence-electron chi connectivity index (χ2n) is 6.83. The van der Waals surface area contributed by atoms with E-state index in [-0.39, 0.29) is 0 Å². The van der Waals surface area contributed by atoms with Crippen LogP contribution in [-0.2, 0) is 0 Å². The summed E-state index contributed by atoms with van der Waals surface area (Å²) in [5.74, 6) is 0.463. The molecule has 0 radical (unpaired) electrons. The molecule has 4 nitrogen and oxygen atoms in total. The van der Waals surface area contributed by atoms with Crippen LogP contribution in [0.3, 0.4) is 0 Å². The Hall–Kier alpha value is -0.160. The van der Waals surface area contributed by atoms with Crippen LogP contribution < -0.4 is 5.73 Å². The van der Waals surface area contributed by atoms with Gasteiger partial charge in [-0.25, -0.2) is 0 Å². The maximum atomic E-state index is 10.6. The van der Waals surface area contributed by atoms with Crippen molar-refractivity contribution in [2.45, 2.75) is 50.2 Å². The van der Waals surface area contributed by atoms with Gasteiger partial charge in [0.1, 0.15) is 0 Å². The van der Waals surface area contributed by atoms with Crippen LogP contribution in [0.5, 0.6) is 0 Å². The molecule has 0 bridgehead atoms. The number of rotatable bonds is 5. The molecule has 3 rings (SSSR count). The third-order valence-corrected chi connectivity index (χ3v) is 5.44. The van der Waals surface area contributed by atoms with E-state index in [1.165, 1.54) is 38.8 Å². The number of aliphatic hydroxyl groups is 1. The second kappa shape index (κ2) is 5.68. The van der Waals surface area contributed by atoms with Gasteiger partial charge in [0.15, 0.2) is 0 Å². The standard InChI is InChI=1S/C15H29N3O/c16-11-15(19,13-5-6-13)12-17-7-9-18(10-8-17)14-3-1-2-4-14/h13-14,19H,1-12,16H2. The van der Waals surface area contributed by atoms with Crippen molar-refractivity contribution >= 4 is 0 Å². The molecular formula is C15H29N3O. The molecule has 0 aromatic rings. The van der Waals surface area contributed by atoms with Gasteiger partial charge in [-0.15, -0.1) is 0 Å². The van der Waals surface area contributed by atoms with Gasteiger partial charge in [-0.2, -0.15) is 0 Å². The van der Waals surface area contributed by atoms with Gasteiger partial charge < -0.3 is 10.8 Å². The van der Waals surface area contributed by atoms with E-state index in [1.54, 1.807) is 0 Å². The summed E-state index contributed by atoms with van der Waals surface area (Å²) in [5.41, 5.74) is 5.19. The number of hydrogen-bond acceptors (Lipinski definition) is 4.